The number of aryl methyl sites for hydroxylation is 1. The van der Waals surface area contributed by atoms with E-state index in [1.165, 1.54) is 11.3 Å². The Balaban J connectivity index is 1.34. The number of carbonyl (C=O) groups is 2. The van der Waals surface area contributed by atoms with E-state index in [1.54, 1.807) is 17.2 Å². The second-order valence-electron chi connectivity index (χ2n) is 8.01. The normalized spacial score (nSPS) is 16.0. The van der Waals surface area contributed by atoms with Gasteiger partial charge in [0.2, 0.25) is 5.91 Å². The van der Waals surface area contributed by atoms with Crippen LogP contribution in [0.2, 0.25) is 0 Å². The molecule has 1 aliphatic heterocycles. The molecule has 7 nitrogen and oxygen atoms in total. The summed E-state index contributed by atoms with van der Waals surface area (Å²) in [4.78, 5) is 29.4. The van der Waals surface area contributed by atoms with Gasteiger partial charge in [-0.05, 0) is 43.5 Å². The van der Waals surface area contributed by atoms with Crippen LogP contribution in [0.1, 0.15) is 39.5 Å². The van der Waals surface area contributed by atoms with Gasteiger partial charge in [0.25, 0.3) is 5.91 Å². The maximum atomic E-state index is 13.4. The van der Waals surface area contributed by atoms with Crippen molar-refractivity contribution in [2.24, 2.45) is 0 Å². The van der Waals surface area contributed by atoms with Crippen LogP contribution in [-0.4, -0.2) is 39.1 Å². The molecule has 3 aromatic heterocycles. The maximum absolute atomic E-state index is 13.4. The standard InChI is InChI=1S/C24H24N4O3S/c1-16-19-13-21(32-24(19)28(26-16)15-17-7-3-2-4-8-17)23(30)27-11-5-10-20(27)22(29)25-14-18-9-6-12-31-18/h2-4,6-9,12-13,20H,5,10-11,14-15H2,1H3,(H,25,29). The van der Waals surface area contributed by atoms with Crippen LogP contribution >= 0.6 is 11.3 Å². The minimum Gasteiger partial charge on any atom is -0.467 e. The molecule has 0 bridgehead atoms. The third-order valence-electron chi connectivity index (χ3n) is 5.83. The Kier molecular flexibility index (Phi) is 5.53. The van der Waals surface area contributed by atoms with Gasteiger partial charge >= 0.3 is 0 Å². The molecule has 4 heterocycles. The predicted octanol–water partition coefficient (Wildman–Crippen LogP) is 3.97. The Morgan fingerprint density at radius 3 is 2.84 bits per heavy atom. The fourth-order valence-electron chi connectivity index (χ4n) is 4.21. The van der Waals surface area contributed by atoms with Crippen molar-refractivity contribution in [1.82, 2.24) is 20.0 Å². The quantitative estimate of drug-likeness (QED) is 0.484. The zero-order chi connectivity index (χ0) is 22.1. The van der Waals surface area contributed by atoms with Gasteiger partial charge in [-0.1, -0.05) is 30.3 Å². The van der Waals surface area contributed by atoms with Gasteiger partial charge in [-0.2, -0.15) is 5.10 Å². The average Bonchev–Trinajstić information content (AvgIpc) is 3.59. The Morgan fingerprint density at radius 1 is 1.22 bits per heavy atom. The molecule has 0 spiro atoms. The first-order valence-corrected chi connectivity index (χ1v) is 11.5. The minimum absolute atomic E-state index is 0.0903. The molecule has 1 aromatic carbocycles. The number of thiophene rings is 1. The maximum Gasteiger partial charge on any atom is 0.264 e. The number of aromatic nitrogens is 2. The monoisotopic (exact) mass is 448 g/mol. The molecule has 8 heteroatoms. The SMILES string of the molecule is Cc1nn(Cc2ccccc2)c2sc(C(=O)N3CCCC3C(=O)NCc3ccco3)cc12. The fraction of sp³-hybridized carbons (Fsp3) is 0.292. The van der Waals surface area contributed by atoms with Crippen molar-refractivity contribution in [2.45, 2.75) is 38.9 Å². The number of benzene rings is 1. The number of likely N-dealkylation sites (tertiary alicyclic amines) is 1. The Bertz CT molecular complexity index is 1240. The predicted molar refractivity (Wildman–Crippen MR) is 123 cm³/mol. The van der Waals surface area contributed by atoms with Crippen LogP contribution in [0.15, 0.2) is 59.2 Å². The number of furan rings is 1. The summed E-state index contributed by atoms with van der Waals surface area (Å²) in [6.07, 6.45) is 3.06. The molecule has 0 saturated carbocycles. The second kappa shape index (κ2) is 8.63. The highest BCUT2D eigenvalue weighted by molar-refractivity contribution is 7.20. The van der Waals surface area contributed by atoms with Crippen molar-refractivity contribution in [3.63, 3.8) is 0 Å². The molecule has 1 atom stereocenters. The van der Waals surface area contributed by atoms with Gasteiger partial charge in [-0.15, -0.1) is 11.3 Å². The van der Waals surface area contributed by atoms with E-state index in [-0.39, 0.29) is 11.8 Å². The zero-order valence-electron chi connectivity index (χ0n) is 17.8. The molecular weight excluding hydrogens is 424 g/mol. The Hall–Kier alpha value is -3.39. The lowest BCUT2D eigenvalue weighted by Gasteiger charge is -2.23. The molecule has 1 saturated heterocycles. The fourth-order valence-corrected chi connectivity index (χ4v) is 5.33. The first-order chi connectivity index (χ1) is 15.6. The van der Waals surface area contributed by atoms with Crippen molar-refractivity contribution in [3.8, 4) is 0 Å². The van der Waals surface area contributed by atoms with E-state index >= 15 is 0 Å². The van der Waals surface area contributed by atoms with E-state index < -0.39 is 6.04 Å². The van der Waals surface area contributed by atoms with Crippen LogP contribution < -0.4 is 5.32 Å². The van der Waals surface area contributed by atoms with Gasteiger partial charge in [-0.3, -0.25) is 14.3 Å². The van der Waals surface area contributed by atoms with Crippen molar-refractivity contribution in [1.29, 1.82) is 0 Å². The van der Waals surface area contributed by atoms with E-state index in [0.717, 1.165) is 27.9 Å². The smallest absolute Gasteiger partial charge is 0.264 e. The Morgan fingerprint density at radius 2 is 2.06 bits per heavy atom. The Labute approximate surface area is 189 Å². The third-order valence-corrected chi connectivity index (χ3v) is 6.96. The molecule has 32 heavy (non-hydrogen) atoms. The third kappa shape index (κ3) is 3.93. The van der Waals surface area contributed by atoms with Gasteiger partial charge in [-0.25, -0.2) is 0 Å². The summed E-state index contributed by atoms with van der Waals surface area (Å²) >= 11 is 1.45. The van der Waals surface area contributed by atoms with Gasteiger partial charge in [0.1, 0.15) is 16.6 Å². The largest absolute Gasteiger partial charge is 0.467 e. The van der Waals surface area contributed by atoms with E-state index in [4.69, 9.17) is 4.42 Å². The number of rotatable bonds is 6. The van der Waals surface area contributed by atoms with Crippen molar-refractivity contribution in [2.75, 3.05) is 6.54 Å². The summed E-state index contributed by atoms with van der Waals surface area (Å²) in [5, 5.41) is 8.55. The van der Waals surface area contributed by atoms with Gasteiger partial charge in [0.15, 0.2) is 0 Å². The number of nitrogens with zero attached hydrogens (tertiary/aromatic N) is 3. The lowest BCUT2D eigenvalue weighted by Crippen LogP contribution is -2.45. The highest BCUT2D eigenvalue weighted by Gasteiger charge is 2.35. The lowest BCUT2D eigenvalue weighted by molar-refractivity contribution is -0.125. The second-order valence-corrected chi connectivity index (χ2v) is 9.04. The topological polar surface area (TPSA) is 80.4 Å². The molecule has 1 unspecified atom stereocenters. The number of nitrogens with one attached hydrogen (secondary N) is 1. The number of fused-ring (bicyclic) bond motifs is 1. The molecule has 0 aliphatic carbocycles. The first-order valence-electron chi connectivity index (χ1n) is 10.7. The first kappa shape index (κ1) is 20.5. The van der Waals surface area contributed by atoms with Crippen LogP contribution in [-0.2, 0) is 17.9 Å². The summed E-state index contributed by atoms with van der Waals surface area (Å²) in [6, 6.07) is 15.2. The van der Waals surface area contributed by atoms with Crippen LogP contribution in [0.5, 0.6) is 0 Å². The number of amides is 2. The molecule has 5 rings (SSSR count). The molecule has 4 aromatic rings. The molecule has 0 radical (unpaired) electrons. The minimum atomic E-state index is -0.454. The number of hydrogen-bond donors (Lipinski definition) is 1. The number of hydrogen-bond acceptors (Lipinski definition) is 5. The van der Waals surface area contributed by atoms with Gasteiger partial charge in [0.05, 0.1) is 29.9 Å². The summed E-state index contributed by atoms with van der Waals surface area (Å²) in [7, 11) is 0. The van der Waals surface area contributed by atoms with E-state index in [1.807, 2.05) is 41.9 Å². The van der Waals surface area contributed by atoms with Crippen molar-refractivity contribution >= 4 is 33.4 Å². The molecule has 1 aliphatic rings. The van der Waals surface area contributed by atoms with Crippen LogP contribution in [0.4, 0.5) is 0 Å². The average molecular weight is 449 g/mol. The van der Waals surface area contributed by atoms with E-state index in [0.29, 0.717) is 36.7 Å². The molecule has 1 N–H and O–H groups in total. The number of carbonyl (C=O) groups excluding carboxylic acids is 2. The zero-order valence-corrected chi connectivity index (χ0v) is 18.6. The van der Waals surface area contributed by atoms with Crippen LogP contribution in [0.25, 0.3) is 10.2 Å². The van der Waals surface area contributed by atoms with Crippen LogP contribution in [0.3, 0.4) is 0 Å². The van der Waals surface area contributed by atoms with E-state index in [2.05, 4.69) is 22.5 Å². The lowest BCUT2D eigenvalue weighted by atomic mass is 10.2. The van der Waals surface area contributed by atoms with Crippen LogP contribution in [0, 0.1) is 6.92 Å². The highest BCUT2D eigenvalue weighted by atomic mass is 32.1. The summed E-state index contributed by atoms with van der Waals surface area (Å²) in [5.41, 5.74) is 2.06. The van der Waals surface area contributed by atoms with Gasteiger partial charge < -0.3 is 14.6 Å². The van der Waals surface area contributed by atoms with E-state index in [9.17, 15) is 9.59 Å². The molecule has 164 valence electrons. The summed E-state index contributed by atoms with van der Waals surface area (Å²) in [6.45, 7) is 3.52. The summed E-state index contributed by atoms with van der Waals surface area (Å²) < 4.78 is 7.24. The molecular formula is C24H24N4O3S. The van der Waals surface area contributed by atoms with Crippen molar-refractivity contribution < 1.29 is 14.0 Å². The molecule has 2 amide bonds. The highest BCUT2D eigenvalue weighted by Crippen LogP contribution is 2.31. The summed E-state index contributed by atoms with van der Waals surface area (Å²) in [5.74, 6) is 0.462. The van der Waals surface area contributed by atoms with Gasteiger partial charge in [0, 0.05) is 11.9 Å². The van der Waals surface area contributed by atoms with Crippen molar-refractivity contribution in [3.05, 3.63) is 76.7 Å². The molecule has 1 fully saturated rings.